The van der Waals surface area contributed by atoms with Crippen molar-refractivity contribution >= 4 is 11.6 Å². The van der Waals surface area contributed by atoms with Gasteiger partial charge in [0.1, 0.15) is 29.8 Å². The van der Waals surface area contributed by atoms with Crippen LogP contribution in [0.3, 0.4) is 0 Å². The van der Waals surface area contributed by atoms with Gasteiger partial charge in [0, 0.05) is 11.6 Å². The van der Waals surface area contributed by atoms with Crippen molar-refractivity contribution in [3.05, 3.63) is 52.8 Å². The highest BCUT2D eigenvalue weighted by molar-refractivity contribution is 5.97. The van der Waals surface area contributed by atoms with Gasteiger partial charge in [0.15, 0.2) is 0 Å². The highest BCUT2D eigenvalue weighted by Gasteiger charge is 2.31. The van der Waals surface area contributed by atoms with Crippen LogP contribution in [0.2, 0.25) is 0 Å². The number of anilines is 1. The van der Waals surface area contributed by atoms with Gasteiger partial charge in [-0.25, -0.2) is 4.39 Å². The minimum absolute atomic E-state index is 0.0417. The van der Waals surface area contributed by atoms with Crippen LogP contribution in [0.5, 0.6) is 11.5 Å². The Balaban J connectivity index is 1.85. The summed E-state index contributed by atoms with van der Waals surface area (Å²) in [6.45, 7) is 4.20. The summed E-state index contributed by atoms with van der Waals surface area (Å²) in [4.78, 5) is 12.4. The first-order valence-electron chi connectivity index (χ1n) is 6.99. The molecule has 4 nitrogen and oxygen atoms in total. The van der Waals surface area contributed by atoms with E-state index in [2.05, 4.69) is 5.32 Å². The number of phenols is 1. The number of hydrogen-bond acceptors (Lipinski definition) is 3. The molecule has 0 fully saturated rings. The summed E-state index contributed by atoms with van der Waals surface area (Å²) in [5.41, 5.74) is 3.04. The molecule has 0 spiro atoms. The third kappa shape index (κ3) is 2.50. The SMILES string of the molecule is Cc1cc2c(cc1C)[C@@H](C(=O)Nc1ccc(O)cc1F)CO2. The normalized spacial score (nSPS) is 16.0. The number of aryl methyl sites for hydroxylation is 2. The lowest BCUT2D eigenvalue weighted by molar-refractivity contribution is -0.117. The lowest BCUT2D eigenvalue weighted by atomic mass is 9.96. The predicted molar refractivity (Wildman–Crippen MR) is 80.8 cm³/mol. The van der Waals surface area contributed by atoms with Crippen LogP contribution in [0.4, 0.5) is 10.1 Å². The minimum Gasteiger partial charge on any atom is -0.508 e. The third-order valence-corrected chi connectivity index (χ3v) is 3.93. The topological polar surface area (TPSA) is 58.6 Å². The summed E-state index contributed by atoms with van der Waals surface area (Å²) in [6.07, 6.45) is 0. The van der Waals surface area contributed by atoms with Crippen molar-refractivity contribution in [1.29, 1.82) is 0 Å². The van der Waals surface area contributed by atoms with Crippen molar-refractivity contribution in [3.63, 3.8) is 0 Å². The van der Waals surface area contributed by atoms with Gasteiger partial charge in [-0.2, -0.15) is 0 Å². The van der Waals surface area contributed by atoms with Gasteiger partial charge in [0.25, 0.3) is 0 Å². The molecular weight excluding hydrogens is 285 g/mol. The summed E-state index contributed by atoms with van der Waals surface area (Å²) in [7, 11) is 0. The summed E-state index contributed by atoms with van der Waals surface area (Å²) >= 11 is 0. The molecule has 1 atom stereocenters. The lowest BCUT2D eigenvalue weighted by Gasteiger charge is -2.12. The molecule has 0 saturated carbocycles. The maximum atomic E-state index is 13.7. The molecular formula is C17H16FNO3. The first-order valence-corrected chi connectivity index (χ1v) is 6.99. The Morgan fingerprint density at radius 3 is 2.73 bits per heavy atom. The van der Waals surface area contributed by atoms with E-state index in [-0.39, 0.29) is 24.0 Å². The van der Waals surface area contributed by atoms with Gasteiger partial charge in [-0.3, -0.25) is 4.79 Å². The number of nitrogens with one attached hydrogen (secondary N) is 1. The van der Waals surface area contributed by atoms with E-state index in [4.69, 9.17) is 4.74 Å². The maximum absolute atomic E-state index is 13.7. The van der Waals surface area contributed by atoms with Gasteiger partial charge in [-0.15, -0.1) is 0 Å². The molecule has 2 aromatic rings. The van der Waals surface area contributed by atoms with Gasteiger partial charge < -0.3 is 15.2 Å². The van der Waals surface area contributed by atoms with E-state index < -0.39 is 11.7 Å². The minimum atomic E-state index is -0.674. The largest absolute Gasteiger partial charge is 0.508 e. The Morgan fingerprint density at radius 1 is 1.27 bits per heavy atom. The summed E-state index contributed by atoms with van der Waals surface area (Å²) in [5, 5.41) is 11.7. The Bertz CT molecular complexity index is 758. The fourth-order valence-electron chi connectivity index (χ4n) is 2.51. The van der Waals surface area contributed by atoms with Crippen LogP contribution in [0.1, 0.15) is 22.6 Å². The Morgan fingerprint density at radius 2 is 2.00 bits per heavy atom. The van der Waals surface area contributed by atoms with Gasteiger partial charge >= 0.3 is 0 Å². The summed E-state index contributed by atoms with van der Waals surface area (Å²) in [5.74, 6) is -0.952. The number of aromatic hydroxyl groups is 1. The van der Waals surface area contributed by atoms with Crippen LogP contribution in [0.15, 0.2) is 30.3 Å². The molecule has 2 N–H and O–H groups in total. The van der Waals surface area contributed by atoms with Gasteiger partial charge in [-0.05, 0) is 43.2 Å². The van der Waals surface area contributed by atoms with E-state index >= 15 is 0 Å². The Hall–Kier alpha value is -2.56. The summed E-state index contributed by atoms with van der Waals surface area (Å²) < 4.78 is 19.3. The fraction of sp³-hybridized carbons (Fsp3) is 0.235. The summed E-state index contributed by atoms with van der Waals surface area (Å²) in [6, 6.07) is 7.47. The lowest BCUT2D eigenvalue weighted by Crippen LogP contribution is -2.22. The number of benzene rings is 2. The van der Waals surface area contributed by atoms with Crippen LogP contribution in [0.25, 0.3) is 0 Å². The molecule has 3 rings (SSSR count). The quantitative estimate of drug-likeness (QED) is 0.837. The highest BCUT2D eigenvalue weighted by atomic mass is 19.1. The van der Waals surface area contributed by atoms with Gasteiger partial charge in [-0.1, -0.05) is 6.07 Å². The van der Waals surface area contributed by atoms with Crippen molar-refractivity contribution in [2.45, 2.75) is 19.8 Å². The molecule has 0 saturated heterocycles. The molecule has 1 aliphatic heterocycles. The number of hydrogen-bond donors (Lipinski definition) is 2. The number of carbonyl (C=O) groups excluding carboxylic acids is 1. The number of amides is 1. The number of rotatable bonds is 2. The number of fused-ring (bicyclic) bond motifs is 1. The number of carbonyl (C=O) groups is 1. The first-order chi connectivity index (χ1) is 10.5. The first kappa shape index (κ1) is 14.4. The maximum Gasteiger partial charge on any atom is 0.235 e. The van der Waals surface area contributed by atoms with Gasteiger partial charge in [0.2, 0.25) is 5.91 Å². The molecule has 0 radical (unpaired) electrons. The highest BCUT2D eigenvalue weighted by Crippen LogP contribution is 2.36. The van der Waals surface area contributed by atoms with E-state index in [1.165, 1.54) is 12.1 Å². The number of ether oxygens (including phenoxy) is 1. The number of phenolic OH excluding ortho intramolecular Hbond substituents is 1. The van der Waals surface area contributed by atoms with Crippen LogP contribution < -0.4 is 10.1 Å². The predicted octanol–water partition coefficient (Wildman–Crippen LogP) is 3.26. The monoisotopic (exact) mass is 301 g/mol. The van der Waals surface area contributed by atoms with Crippen molar-refractivity contribution in [2.24, 2.45) is 0 Å². The Kier molecular flexibility index (Phi) is 3.48. The molecule has 0 bridgehead atoms. The van der Waals surface area contributed by atoms with E-state index in [0.717, 1.165) is 22.8 Å². The molecule has 1 amide bonds. The second-order valence-electron chi connectivity index (χ2n) is 5.49. The fourth-order valence-corrected chi connectivity index (χ4v) is 2.51. The zero-order valence-electron chi connectivity index (χ0n) is 12.3. The molecule has 0 unspecified atom stereocenters. The van der Waals surface area contributed by atoms with E-state index in [1.54, 1.807) is 0 Å². The molecule has 1 aliphatic rings. The van der Waals surface area contributed by atoms with Crippen molar-refractivity contribution < 1.29 is 19.0 Å². The molecule has 2 aromatic carbocycles. The van der Waals surface area contributed by atoms with Crippen LogP contribution in [-0.4, -0.2) is 17.6 Å². The molecule has 0 aliphatic carbocycles. The zero-order valence-corrected chi connectivity index (χ0v) is 12.3. The third-order valence-electron chi connectivity index (χ3n) is 3.93. The van der Waals surface area contributed by atoms with Crippen molar-refractivity contribution in [3.8, 4) is 11.5 Å². The van der Waals surface area contributed by atoms with Crippen LogP contribution >= 0.6 is 0 Å². The Labute approximate surface area is 127 Å². The van der Waals surface area contributed by atoms with Crippen molar-refractivity contribution in [2.75, 3.05) is 11.9 Å². The smallest absolute Gasteiger partial charge is 0.235 e. The van der Waals surface area contributed by atoms with E-state index in [0.29, 0.717) is 5.75 Å². The average molecular weight is 301 g/mol. The van der Waals surface area contributed by atoms with E-state index in [9.17, 15) is 14.3 Å². The second kappa shape index (κ2) is 5.33. The van der Waals surface area contributed by atoms with Gasteiger partial charge in [0.05, 0.1) is 5.69 Å². The van der Waals surface area contributed by atoms with E-state index in [1.807, 2.05) is 26.0 Å². The molecule has 1 heterocycles. The zero-order chi connectivity index (χ0) is 15.9. The second-order valence-corrected chi connectivity index (χ2v) is 5.49. The molecule has 0 aromatic heterocycles. The van der Waals surface area contributed by atoms with Crippen LogP contribution in [0, 0.1) is 19.7 Å². The molecule has 114 valence electrons. The number of halogens is 1. The average Bonchev–Trinajstić information content (AvgIpc) is 2.85. The molecule has 22 heavy (non-hydrogen) atoms. The standard InChI is InChI=1S/C17H16FNO3/c1-9-5-12-13(8-22-16(12)6-10(9)2)17(21)19-15-4-3-11(20)7-14(15)18/h3-7,13,20H,8H2,1-2H3,(H,19,21)/t13-/m0/s1. The van der Waals surface area contributed by atoms with Crippen LogP contribution in [-0.2, 0) is 4.79 Å². The van der Waals surface area contributed by atoms with Crippen molar-refractivity contribution in [1.82, 2.24) is 0 Å². The molecule has 5 heteroatoms.